The van der Waals surface area contributed by atoms with Gasteiger partial charge in [0.05, 0.1) is 22.1 Å². The third kappa shape index (κ3) is 6.12. The zero-order valence-corrected chi connectivity index (χ0v) is 31.2. The molecule has 0 atom stereocenters. The molecule has 0 fully saturated rings. The lowest BCUT2D eigenvalue weighted by Crippen LogP contribution is -2.07. The minimum atomic E-state index is 0.322. The Bertz CT molecular complexity index is 3120. The molecule has 0 N–H and O–H groups in total. The maximum atomic E-state index is 5.34. The van der Waals surface area contributed by atoms with E-state index >= 15 is 0 Å². The predicted molar refractivity (Wildman–Crippen MR) is 240 cm³/mol. The molecule has 0 aliphatic carbocycles. The van der Waals surface area contributed by atoms with Gasteiger partial charge < -0.3 is 9.13 Å². The maximum Gasteiger partial charge on any atom is 0.161 e. The monoisotopic (exact) mass is 731 g/mol. The summed E-state index contributed by atoms with van der Waals surface area (Å²) in [4.78, 5) is 14.8. The predicted octanol–water partition coefficient (Wildman–Crippen LogP) is 12.8. The maximum absolute atomic E-state index is 5.34. The third-order valence-corrected chi connectivity index (χ3v) is 10.8. The first-order valence-electron chi connectivity index (χ1n) is 19.2. The van der Waals surface area contributed by atoms with Crippen molar-refractivity contribution < 1.29 is 0 Å². The molecule has 10 rings (SSSR count). The van der Waals surface area contributed by atoms with Gasteiger partial charge in [-0.3, -0.25) is 0 Å². The Morgan fingerprint density at radius 1 is 0.421 bits per heavy atom. The van der Waals surface area contributed by atoms with Gasteiger partial charge in [-0.15, -0.1) is 0 Å². The van der Waals surface area contributed by atoms with E-state index in [1.165, 1.54) is 38.4 Å². The molecule has 57 heavy (non-hydrogen) atoms. The second kappa shape index (κ2) is 14.5. The SMILES string of the molecule is C=NC(=N/C(=N\Cn1c2ccc(-c3ccccc3)cc2c2ccc3c4cc(-c5ccccc5)ccc4n(-c4ccccc4)c3c21)c1ccccc1)c1ccccc1. The average molecular weight is 732 g/mol. The van der Waals surface area contributed by atoms with E-state index in [9.17, 15) is 0 Å². The van der Waals surface area contributed by atoms with Crippen LogP contribution in [0.5, 0.6) is 0 Å². The van der Waals surface area contributed by atoms with Crippen molar-refractivity contribution in [3.63, 3.8) is 0 Å². The van der Waals surface area contributed by atoms with Crippen LogP contribution in [0.15, 0.2) is 215 Å². The molecule has 0 unspecified atom stereocenters. The number of hydrogen-bond donors (Lipinski definition) is 0. The van der Waals surface area contributed by atoms with Crippen LogP contribution in [-0.4, -0.2) is 27.5 Å². The fourth-order valence-electron chi connectivity index (χ4n) is 8.10. The molecule has 0 saturated carbocycles. The minimum Gasteiger partial charge on any atom is -0.318 e. The molecule has 2 aromatic heterocycles. The average Bonchev–Trinajstić information content (AvgIpc) is 3.79. The molecule has 2 heterocycles. The van der Waals surface area contributed by atoms with E-state index in [0.29, 0.717) is 18.3 Å². The number of benzene rings is 8. The van der Waals surface area contributed by atoms with Gasteiger partial charge in [0.2, 0.25) is 0 Å². The number of aliphatic imine (C=N–C) groups is 3. The molecule has 10 aromatic rings. The highest BCUT2D eigenvalue weighted by atomic mass is 15.1. The topological polar surface area (TPSA) is 46.9 Å². The number of para-hydroxylation sites is 1. The van der Waals surface area contributed by atoms with Crippen LogP contribution in [0.1, 0.15) is 11.1 Å². The molecule has 5 heteroatoms. The summed E-state index contributed by atoms with van der Waals surface area (Å²) in [6, 6.07) is 70.2. The lowest BCUT2D eigenvalue weighted by molar-refractivity contribution is 0.792. The van der Waals surface area contributed by atoms with Crippen molar-refractivity contribution in [3.05, 3.63) is 211 Å². The summed E-state index contributed by atoms with van der Waals surface area (Å²) < 4.78 is 4.78. The lowest BCUT2D eigenvalue weighted by Gasteiger charge is -2.12. The number of hydrogen-bond acceptors (Lipinski definition) is 1. The Balaban J connectivity index is 1.28. The Morgan fingerprint density at radius 2 is 0.895 bits per heavy atom. The first kappa shape index (κ1) is 33.9. The van der Waals surface area contributed by atoms with Gasteiger partial charge in [-0.25, -0.2) is 15.0 Å². The van der Waals surface area contributed by atoms with Gasteiger partial charge >= 0.3 is 0 Å². The van der Waals surface area contributed by atoms with Crippen LogP contribution in [0.4, 0.5) is 0 Å². The number of rotatable bonds is 7. The zero-order valence-electron chi connectivity index (χ0n) is 31.2. The summed E-state index contributed by atoms with van der Waals surface area (Å²) in [5.74, 6) is 1.11. The Labute approximate surface area is 330 Å². The van der Waals surface area contributed by atoms with Crippen molar-refractivity contribution >= 4 is 62.0 Å². The molecule has 0 saturated heterocycles. The fraction of sp³-hybridized carbons (Fsp3) is 0.0192. The van der Waals surface area contributed by atoms with Gasteiger partial charge in [0.15, 0.2) is 11.7 Å². The summed E-state index contributed by atoms with van der Waals surface area (Å²) in [6.45, 7) is 4.21. The molecule has 0 aliphatic heterocycles. The smallest absolute Gasteiger partial charge is 0.161 e. The first-order valence-corrected chi connectivity index (χ1v) is 19.2. The highest BCUT2D eigenvalue weighted by molar-refractivity contribution is 6.24. The highest BCUT2D eigenvalue weighted by Gasteiger charge is 2.21. The van der Waals surface area contributed by atoms with Crippen LogP contribution in [0.2, 0.25) is 0 Å². The molecule has 0 spiro atoms. The van der Waals surface area contributed by atoms with Gasteiger partial charge in [0.1, 0.15) is 6.67 Å². The van der Waals surface area contributed by atoms with Crippen LogP contribution in [0.3, 0.4) is 0 Å². The summed E-state index contributed by atoms with van der Waals surface area (Å²) in [6.07, 6.45) is 0. The summed E-state index contributed by atoms with van der Waals surface area (Å²) in [7, 11) is 0. The van der Waals surface area contributed by atoms with E-state index in [1.807, 2.05) is 60.7 Å². The molecule has 0 aliphatic rings. The third-order valence-electron chi connectivity index (χ3n) is 10.8. The quantitative estimate of drug-likeness (QED) is 0.116. The van der Waals surface area contributed by atoms with Gasteiger partial charge in [-0.1, -0.05) is 164 Å². The second-order valence-electron chi connectivity index (χ2n) is 14.1. The largest absolute Gasteiger partial charge is 0.318 e. The molecule has 270 valence electrons. The van der Waals surface area contributed by atoms with Crippen molar-refractivity contribution in [3.8, 4) is 27.9 Å². The fourth-order valence-corrected chi connectivity index (χ4v) is 8.10. The van der Waals surface area contributed by atoms with E-state index in [4.69, 9.17) is 9.98 Å². The van der Waals surface area contributed by atoms with E-state index in [0.717, 1.165) is 44.3 Å². The van der Waals surface area contributed by atoms with Gasteiger partial charge in [0, 0.05) is 38.4 Å². The van der Waals surface area contributed by atoms with Crippen LogP contribution < -0.4 is 0 Å². The second-order valence-corrected chi connectivity index (χ2v) is 14.1. The van der Waals surface area contributed by atoms with Crippen molar-refractivity contribution in [1.29, 1.82) is 0 Å². The molecule has 0 radical (unpaired) electrons. The van der Waals surface area contributed by atoms with Crippen LogP contribution >= 0.6 is 0 Å². The van der Waals surface area contributed by atoms with Gasteiger partial charge in [-0.2, -0.15) is 0 Å². The molecular formula is C52H37N5. The summed E-state index contributed by atoms with van der Waals surface area (Å²) in [5, 5.41) is 4.71. The van der Waals surface area contributed by atoms with Crippen LogP contribution in [-0.2, 0) is 6.67 Å². The minimum absolute atomic E-state index is 0.322. The highest BCUT2D eigenvalue weighted by Crippen LogP contribution is 2.42. The standard InChI is InChI=1S/C52H37N5/c1-53-51(38-21-11-4-12-22-38)55-52(39-23-13-5-14-24-39)54-35-56-47-31-27-40(36-17-7-2-8-18-36)33-45(47)43-29-30-44-46-34-41(37-19-9-3-10-20-37)28-32-48(46)57(50(44)49(43)56)42-25-15-6-16-26-42/h2-34H,1,35H2/b54-52-,55-51?. The van der Waals surface area contributed by atoms with Crippen molar-refractivity contribution in [1.82, 2.24) is 9.13 Å². The first-order chi connectivity index (χ1) is 28.2. The Hall–Kier alpha value is -7.63. The van der Waals surface area contributed by atoms with E-state index in [2.05, 4.69) is 160 Å². The van der Waals surface area contributed by atoms with Crippen molar-refractivity contribution in [2.45, 2.75) is 6.67 Å². The normalized spacial score (nSPS) is 12.2. The van der Waals surface area contributed by atoms with Gasteiger partial charge in [0.25, 0.3) is 0 Å². The van der Waals surface area contributed by atoms with Crippen LogP contribution in [0.25, 0.3) is 71.6 Å². The Morgan fingerprint density at radius 3 is 1.46 bits per heavy atom. The molecule has 5 nitrogen and oxygen atoms in total. The Kier molecular flexibility index (Phi) is 8.65. The number of amidine groups is 2. The zero-order chi connectivity index (χ0) is 38.1. The molecule has 0 amide bonds. The van der Waals surface area contributed by atoms with E-state index in [1.54, 1.807) is 0 Å². The summed E-state index contributed by atoms with van der Waals surface area (Å²) >= 11 is 0. The van der Waals surface area contributed by atoms with Crippen molar-refractivity contribution in [2.24, 2.45) is 15.0 Å². The number of aromatic nitrogens is 2. The molecule has 0 bridgehead atoms. The van der Waals surface area contributed by atoms with Crippen molar-refractivity contribution in [2.75, 3.05) is 0 Å². The van der Waals surface area contributed by atoms with Crippen LogP contribution in [0, 0.1) is 0 Å². The van der Waals surface area contributed by atoms with E-state index < -0.39 is 0 Å². The van der Waals surface area contributed by atoms with Gasteiger partial charge in [-0.05, 0) is 65.4 Å². The number of fused-ring (bicyclic) bond motifs is 7. The van der Waals surface area contributed by atoms with E-state index in [-0.39, 0.29) is 0 Å². The lowest BCUT2D eigenvalue weighted by atomic mass is 10.0. The molecular weight excluding hydrogens is 695 g/mol. The summed E-state index contributed by atoms with van der Waals surface area (Å²) in [5.41, 5.74) is 12.1. The molecule has 8 aromatic carbocycles. The number of nitrogens with zero attached hydrogens (tertiary/aromatic N) is 5.